The lowest BCUT2D eigenvalue weighted by atomic mass is 10.1. The van der Waals surface area contributed by atoms with Crippen LogP contribution in [0.25, 0.3) is 0 Å². The average Bonchev–Trinajstić information content (AvgIpc) is 3.45. The number of aliphatic carboxylic acids is 1. The fraction of sp³-hybridized carbons (Fsp3) is 0.357. The van der Waals surface area contributed by atoms with Crippen molar-refractivity contribution in [1.82, 2.24) is 19.5 Å². The monoisotopic (exact) mass is 689 g/mol. The summed E-state index contributed by atoms with van der Waals surface area (Å²) in [6, 6.07) is 12.2. The highest BCUT2D eigenvalue weighted by Crippen LogP contribution is 2.36. The molecule has 242 valence electrons. The van der Waals surface area contributed by atoms with E-state index in [4.69, 9.17) is 37.5 Å². The van der Waals surface area contributed by atoms with Crippen molar-refractivity contribution in [2.24, 2.45) is 4.99 Å². The third-order valence-corrected chi connectivity index (χ3v) is 9.34. The lowest BCUT2D eigenvalue weighted by Gasteiger charge is -2.21. The highest BCUT2D eigenvalue weighted by molar-refractivity contribution is 7.89. The number of carbonyl (C=O) groups excluding carboxylic acids is 1. The molecule has 1 amide bonds. The van der Waals surface area contributed by atoms with E-state index in [-0.39, 0.29) is 40.0 Å². The van der Waals surface area contributed by atoms with Gasteiger partial charge in [0.15, 0.2) is 5.69 Å². The Labute approximate surface area is 266 Å². The second kappa shape index (κ2) is 14.2. The first-order valence-corrected chi connectivity index (χ1v) is 15.7. The molecule has 2 heterocycles. The molecule has 5 rings (SSSR count). The molecule has 0 bridgehead atoms. The molecular weight excluding hydrogens is 662 g/mol. The number of likely N-dealkylation sites (N-methyl/N-ethyl adjacent to an activating group) is 1. The Kier molecular flexibility index (Phi) is 10.8. The predicted octanol–water partition coefficient (Wildman–Crippen LogP) is 4.63. The second-order valence-electron chi connectivity index (χ2n) is 10.1. The SMILES string of the molecule is CN(CCc1ccc(C2=NCCN2)cc1)C(=O)c1coc(CN(C2CC2)S(=O)(=O)c2ccc(Cl)cc2Cl)n1.O=C(O)C(F)(F)F. The molecule has 1 fully saturated rings. The number of benzene rings is 2. The van der Waals surface area contributed by atoms with Crippen LogP contribution in [-0.4, -0.2) is 84.3 Å². The first-order chi connectivity index (χ1) is 21.2. The van der Waals surface area contributed by atoms with E-state index < -0.39 is 22.2 Å². The Morgan fingerprint density at radius 3 is 2.36 bits per heavy atom. The van der Waals surface area contributed by atoms with E-state index in [1.165, 1.54) is 28.8 Å². The molecule has 2 aromatic carbocycles. The Bertz CT molecular complexity index is 1680. The molecule has 0 spiro atoms. The van der Waals surface area contributed by atoms with Crippen LogP contribution in [0.15, 0.2) is 63.0 Å². The normalized spacial score (nSPS) is 14.8. The maximum Gasteiger partial charge on any atom is 0.490 e. The molecule has 0 atom stereocenters. The number of carboxylic acid groups (broad SMARTS) is 1. The molecule has 1 saturated carbocycles. The average molecular weight is 691 g/mol. The number of carbonyl (C=O) groups is 2. The minimum atomic E-state index is -5.08. The summed E-state index contributed by atoms with van der Waals surface area (Å²) in [6.07, 6.45) is -1.69. The largest absolute Gasteiger partial charge is 0.490 e. The predicted molar refractivity (Wildman–Crippen MR) is 159 cm³/mol. The van der Waals surface area contributed by atoms with Crippen LogP contribution in [0.5, 0.6) is 0 Å². The number of rotatable bonds is 10. The zero-order valence-corrected chi connectivity index (χ0v) is 26.0. The first kappa shape index (κ1) is 34.2. The van der Waals surface area contributed by atoms with Crippen LogP contribution >= 0.6 is 23.2 Å². The molecule has 11 nitrogen and oxygen atoms in total. The Hall–Kier alpha value is -3.66. The fourth-order valence-corrected chi connectivity index (χ4v) is 6.60. The fourth-order valence-electron chi connectivity index (χ4n) is 4.21. The third-order valence-electron chi connectivity index (χ3n) is 6.72. The molecular formula is C28H28Cl2F3N5O6S. The molecule has 45 heavy (non-hydrogen) atoms. The van der Waals surface area contributed by atoms with Crippen molar-refractivity contribution in [3.8, 4) is 0 Å². The van der Waals surface area contributed by atoms with Crippen LogP contribution in [-0.2, 0) is 27.8 Å². The summed E-state index contributed by atoms with van der Waals surface area (Å²) in [5, 5.41) is 10.8. The number of carboxylic acids is 1. The maximum atomic E-state index is 13.4. The van der Waals surface area contributed by atoms with Crippen molar-refractivity contribution in [3.05, 3.63) is 81.5 Å². The number of oxazole rings is 1. The lowest BCUT2D eigenvalue weighted by Crippen LogP contribution is -2.33. The Balaban J connectivity index is 0.000000591. The van der Waals surface area contributed by atoms with E-state index in [1.54, 1.807) is 11.9 Å². The number of sulfonamides is 1. The van der Waals surface area contributed by atoms with Crippen molar-refractivity contribution in [1.29, 1.82) is 0 Å². The number of hydrogen-bond donors (Lipinski definition) is 2. The van der Waals surface area contributed by atoms with Gasteiger partial charge < -0.3 is 19.7 Å². The van der Waals surface area contributed by atoms with E-state index in [2.05, 4.69) is 15.3 Å². The zero-order chi connectivity index (χ0) is 32.9. The minimum absolute atomic E-state index is 0.0291. The van der Waals surface area contributed by atoms with Crippen molar-refractivity contribution >= 4 is 50.9 Å². The van der Waals surface area contributed by atoms with Gasteiger partial charge in [0.05, 0.1) is 18.1 Å². The Morgan fingerprint density at radius 1 is 1.13 bits per heavy atom. The topological polar surface area (TPSA) is 145 Å². The van der Waals surface area contributed by atoms with Gasteiger partial charge in [0.1, 0.15) is 17.0 Å². The molecule has 0 radical (unpaired) electrons. The van der Waals surface area contributed by atoms with E-state index in [9.17, 15) is 26.4 Å². The van der Waals surface area contributed by atoms with E-state index in [0.29, 0.717) is 18.0 Å². The van der Waals surface area contributed by atoms with Crippen molar-refractivity contribution in [2.45, 2.75) is 42.9 Å². The molecule has 1 aromatic heterocycles. The first-order valence-electron chi connectivity index (χ1n) is 13.5. The van der Waals surface area contributed by atoms with Crippen LogP contribution in [0.4, 0.5) is 13.2 Å². The van der Waals surface area contributed by atoms with Crippen LogP contribution in [0.2, 0.25) is 10.0 Å². The van der Waals surface area contributed by atoms with Crippen LogP contribution < -0.4 is 5.32 Å². The van der Waals surface area contributed by atoms with Gasteiger partial charge in [-0.15, -0.1) is 0 Å². The van der Waals surface area contributed by atoms with Gasteiger partial charge in [-0.3, -0.25) is 9.79 Å². The Morgan fingerprint density at radius 2 is 1.80 bits per heavy atom. The number of nitrogens with zero attached hydrogens (tertiary/aromatic N) is 4. The molecule has 2 N–H and O–H groups in total. The van der Waals surface area contributed by atoms with Gasteiger partial charge in [0.2, 0.25) is 15.9 Å². The van der Waals surface area contributed by atoms with E-state index in [0.717, 1.165) is 42.9 Å². The summed E-state index contributed by atoms with van der Waals surface area (Å²) in [4.78, 5) is 32.1. The summed E-state index contributed by atoms with van der Waals surface area (Å²) < 4.78 is 65.3. The molecule has 1 aliphatic carbocycles. The van der Waals surface area contributed by atoms with Gasteiger partial charge in [0.25, 0.3) is 5.91 Å². The summed E-state index contributed by atoms with van der Waals surface area (Å²) in [7, 11) is -2.22. The number of alkyl halides is 3. The van der Waals surface area contributed by atoms with Crippen LogP contribution in [0.1, 0.15) is 40.3 Å². The van der Waals surface area contributed by atoms with Gasteiger partial charge in [-0.25, -0.2) is 18.2 Å². The number of aliphatic imine (C=N–C) groups is 1. The van der Waals surface area contributed by atoms with Crippen molar-refractivity contribution in [2.75, 3.05) is 26.7 Å². The highest BCUT2D eigenvalue weighted by atomic mass is 35.5. The quantitative estimate of drug-likeness (QED) is 0.313. The standard InChI is InChI=1S/C26H27Cl2N5O4S.C2HF3O2/c1-32(13-10-17-2-4-18(5-3-17)25-29-11-12-30-25)26(34)22-16-37-24(31-22)15-33(20-7-8-20)38(35,36)23-9-6-19(27)14-21(23)28;3-2(4,5)1(6)7/h2-6,9,14,16,20H,7-8,10-13,15H2,1H3,(H,29,30);(H,6,7). The van der Waals surface area contributed by atoms with E-state index >= 15 is 0 Å². The van der Waals surface area contributed by atoms with E-state index in [1.807, 2.05) is 24.3 Å². The number of nitrogens with one attached hydrogen (secondary N) is 1. The number of hydrogen-bond acceptors (Lipinski definition) is 8. The number of amidine groups is 1. The van der Waals surface area contributed by atoms with Gasteiger partial charge in [0, 0.05) is 36.8 Å². The van der Waals surface area contributed by atoms with Crippen molar-refractivity contribution in [3.63, 3.8) is 0 Å². The zero-order valence-electron chi connectivity index (χ0n) is 23.7. The molecule has 2 aliphatic rings. The molecule has 0 saturated heterocycles. The molecule has 3 aromatic rings. The van der Waals surface area contributed by atoms with Gasteiger partial charge in [-0.05, 0) is 43.0 Å². The highest BCUT2D eigenvalue weighted by Gasteiger charge is 2.40. The molecule has 17 heteroatoms. The summed E-state index contributed by atoms with van der Waals surface area (Å²) in [5.74, 6) is -2.01. The number of amides is 1. The summed E-state index contributed by atoms with van der Waals surface area (Å²) in [5.41, 5.74) is 2.27. The maximum absolute atomic E-state index is 13.4. The minimum Gasteiger partial charge on any atom is -0.475 e. The van der Waals surface area contributed by atoms with Crippen LogP contribution in [0.3, 0.4) is 0 Å². The van der Waals surface area contributed by atoms with Crippen LogP contribution in [0, 0.1) is 0 Å². The summed E-state index contributed by atoms with van der Waals surface area (Å²) in [6.45, 7) is 2.03. The van der Waals surface area contributed by atoms with Gasteiger partial charge in [-0.2, -0.15) is 17.5 Å². The number of aromatic nitrogens is 1. The third kappa shape index (κ3) is 8.96. The summed E-state index contributed by atoms with van der Waals surface area (Å²) >= 11 is 12.1. The number of halogens is 5. The van der Waals surface area contributed by atoms with Crippen molar-refractivity contribution < 1.29 is 40.7 Å². The molecule has 1 aliphatic heterocycles. The smallest absolute Gasteiger partial charge is 0.475 e. The van der Waals surface area contributed by atoms with Gasteiger partial charge in [-0.1, -0.05) is 47.5 Å². The second-order valence-corrected chi connectivity index (χ2v) is 12.8. The molecule has 0 unspecified atom stereocenters. The van der Waals surface area contributed by atoms with Gasteiger partial charge >= 0.3 is 12.1 Å². The lowest BCUT2D eigenvalue weighted by molar-refractivity contribution is -0.192.